The van der Waals surface area contributed by atoms with Crippen molar-refractivity contribution in [3.8, 4) is 0 Å². The van der Waals surface area contributed by atoms with E-state index in [2.05, 4.69) is 19.9 Å². The Morgan fingerprint density at radius 1 is 1.44 bits per heavy atom. The van der Waals surface area contributed by atoms with Crippen molar-refractivity contribution in [2.75, 3.05) is 0 Å². The molecule has 0 radical (unpaired) electrons. The number of hydrogen-bond donors (Lipinski definition) is 1. The molecule has 0 aromatic heterocycles. The van der Waals surface area contributed by atoms with Crippen LogP contribution in [0.1, 0.15) is 27.7 Å². The number of allylic oxidation sites excluding steroid dienone is 1. The second-order valence-electron chi connectivity index (χ2n) is 3.11. The first kappa shape index (κ1) is 8.70. The summed E-state index contributed by atoms with van der Waals surface area (Å²) in [6, 6.07) is 0.230. The van der Waals surface area contributed by atoms with E-state index < -0.39 is 0 Å². The molecule has 0 aliphatic carbocycles. The van der Waals surface area contributed by atoms with Gasteiger partial charge in [0.25, 0.3) is 0 Å². The van der Waals surface area contributed by atoms with Gasteiger partial charge < -0.3 is 5.73 Å². The van der Waals surface area contributed by atoms with Crippen LogP contribution in [0, 0.1) is 5.41 Å². The fraction of sp³-hybridized carbons (Fsp3) is 0.750. The molecule has 0 heterocycles. The van der Waals surface area contributed by atoms with Crippen LogP contribution in [-0.2, 0) is 0 Å². The van der Waals surface area contributed by atoms with Gasteiger partial charge in [0.1, 0.15) is 0 Å². The Bertz CT molecular complexity index is 101. The maximum Gasteiger partial charge on any atom is 0.00965 e. The van der Waals surface area contributed by atoms with E-state index >= 15 is 0 Å². The molecule has 1 heteroatoms. The number of rotatable bonds is 2. The first-order valence-electron chi connectivity index (χ1n) is 3.40. The van der Waals surface area contributed by atoms with E-state index in [4.69, 9.17) is 5.73 Å². The molecule has 0 spiro atoms. The minimum Gasteiger partial charge on any atom is -0.327 e. The molecule has 0 bridgehead atoms. The summed E-state index contributed by atoms with van der Waals surface area (Å²) in [6.07, 6.45) is 4.18. The molecule has 0 saturated heterocycles. The Morgan fingerprint density at radius 2 is 1.89 bits per heavy atom. The molecule has 0 aliphatic rings. The van der Waals surface area contributed by atoms with E-state index in [1.54, 1.807) is 0 Å². The van der Waals surface area contributed by atoms with Crippen LogP contribution < -0.4 is 5.73 Å². The van der Waals surface area contributed by atoms with Crippen LogP contribution in [0.5, 0.6) is 0 Å². The van der Waals surface area contributed by atoms with E-state index in [1.807, 2.05) is 19.9 Å². The van der Waals surface area contributed by atoms with Crippen molar-refractivity contribution in [2.24, 2.45) is 11.1 Å². The molecule has 1 atom stereocenters. The molecule has 9 heavy (non-hydrogen) atoms. The third-order valence-corrected chi connectivity index (χ3v) is 1.77. The van der Waals surface area contributed by atoms with Crippen LogP contribution in [0.25, 0.3) is 0 Å². The van der Waals surface area contributed by atoms with Crippen LogP contribution in [0.3, 0.4) is 0 Å². The van der Waals surface area contributed by atoms with Crippen molar-refractivity contribution < 1.29 is 0 Å². The highest BCUT2D eigenvalue weighted by atomic mass is 14.6. The van der Waals surface area contributed by atoms with E-state index in [0.29, 0.717) is 0 Å². The van der Waals surface area contributed by atoms with Gasteiger partial charge in [-0.25, -0.2) is 0 Å². The zero-order valence-corrected chi connectivity index (χ0v) is 6.81. The Labute approximate surface area is 57.9 Å². The average molecular weight is 127 g/mol. The highest BCUT2D eigenvalue weighted by Crippen LogP contribution is 2.19. The van der Waals surface area contributed by atoms with Crippen LogP contribution in [0.2, 0.25) is 0 Å². The van der Waals surface area contributed by atoms with Gasteiger partial charge in [-0.3, -0.25) is 0 Å². The minimum atomic E-state index is 0.148. The smallest absolute Gasteiger partial charge is 0.00965 e. The lowest BCUT2D eigenvalue weighted by atomic mass is 9.86. The highest BCUT2D eigenvalue weighted by Gasteiger charge is 2.17. The summed E-state index contributed by atoms with van der Waals surface area (Å²) in [5, 5.41) is 0. The molecular formula is C8H17N. The molecular weight excluding hydrogens is 110 g/mol. The van der Waals surface area contributed by atoms with E-state index in [-0.39, 0.29) is 11.5 Å². The summed E-state index contributed by atoms with van der Waals surface area (Å²) in [4.78, 5) is 0. The predicted octanol–water partition coefficient (Wildman–Crippen LogP) is 1.94. The van der Waals surface area contributed by atoms with Crippen molar-refractivity contribution in [1.29, 1.82) is 0 Å². The fourth-order valence-electron chi connectivity index (χ4n) is 0.581. The fourth-order valence-corrected chi connectivity index (χ4v) is 0.581. The zero-order chi connectivity index (χ0) is 7.49. The topological polar surface area (TPSA) is 26.0 Å². The van der Waals surface area contributed by atoms with Gasteiger partial charge in [0.2, 0.25) is 0 Å². The van der Waals surface area contributed by atoms with E-state index in [0.717, 1.165) is 0 Å². The van der Waals surface area contributed by atoms with Crippen LogP contribution >= 0.6 is 0 Å². The first-order chi connectivity index (χ1) is 4.00. The van der Waals surface area contributed by atoms with Crippen LogP contribution in [0.15, 0.2) is 12.2 Å². The van der Waals surface area contributed by atoms with Crippen molar-refractivity contribution in [2.45, 2.75) is 33.7 Å². The summed E-state index contributed by atoms with van der Waals surface area (Å²) >= 11 is 0. The third kappa shape index (κ3) is 2.66. The van der Waals surface area contributed by atoms with Gasteiger partial charge in [-0.1, -0.05) is 26.0 Å². The molecule has 0 saturated carbocycles. The summed E-state index contributed by atoms with van der Waals surface area (Å²) in [5.41, 5.74) is 5.85. The van der Waals surface area contributed by atoms with Crippen molar-refractivity contribution in [3.63, 3.8) is 0 Å². The van der Waals surface area contributed by atoms with Gasteiger partial charge in [0.15, 0.2) is 0 Å². The molecule has 0 rings (SSSR count). The first-order valence-corrected chi connectivity index (χ1v) is 3.40. The molecule has 54 valence electrons. The monoisotopic (exact) mass is 127 g/mol. The minimum absolute atomic E-state index is 0.148. The summed E-state index contributed by atoms with van der Waals surface area (Å²) < 4.78 is 0. The van der Waals surface area contributed by atoms with Crippen LogP contribution in [-0.4, -0.2) is 6.04 Å². The van der Waals surface area contributed by atoms with Crippen molar-refractivity contribution >= 4 is 0 Å². The molecule has 2 N–H and O–H groups in total. The normalized spacial score (nSPS) is 16.6. The predicted molar refractivity (Wildman–Crippen MR) is 42.2 cm³/mol. The van der Waals surface area contributed by atoms with Gasteiger partial charge in [0, 0.05) is 6.04 Å². The summed E-state index contributed by atoms with van der Waals surface area (Å²) in [5.74, 6) is 0. The Balaban J connectivity index is 4.01. The van der Waals surface area contributed by atoms with Gasteiger partial charge in [-0.05, 0) is 19.3 Å². The summed E-state index contributed by atoms with van der Waals surface area (Å²) in [6.45, 7) is 8.32. The third-order valence-electron chi connectivity index (χ3n) is 1.77. The quantitative estimate of drug-likeness (QED) is 0.564. The van der Waals surface area contributed by atoms with Gasteiger partial charge in [-0.15, -0.1) is 0 Å². The number of nitrogens with two attached hydrogens (primary N) is 1. The summed E-state index contributed by atoms with van der Waals surface area (Å²) in [7, 11) is 0. The van der Waals surface area contributed by atoms with E-state index in [1.165, 1.54) is 0 Å². The number of hydrogen-bond acceptors (Lipinski definition) is 1. The largest absolute Gasteiger partial charge is 0.327 e. The maximum absolute atomic E-state index is 5.70. The highest BCUT2D eigenvalue weighted by molar-refractivity contribution is 4.97. The van der Waals surface area contributed by atoms with E-state index in [9.17, 15) is 0 Å². The Hall–Kier alpha value is -0.300. The lowest BCUT2D eigenvalue weighted by Crippen LogP contribution is -2.32. The molecule has 0 amide bonds. The van der Waals surface area contributed by atoms with Crippen molar-refractivity contribution in [1.82, 2.24) is 0 Å². The van der Waals surface area contributed by atoms with Gasteiger partial charge >= 0.3 is 0 Å². The lowest BCUT2D eigenvalue weighted by Gasteiger charge is -2.24. The Morgan fingerprint density at radius 3 is 2.00 bits per heavy atom. The molecule has 0 aromatic rings. The molecule has 1 unspecified atom stereocenters. The lowest BCUT2D eigenvalue weighted by molar-refractivity contribution is 0.394. The van der Waals surface area contributed by atoms with Gasteiger partial charge in [0.05, 0.1) is 0 Å². The SMILES string of the molecule is C/C=C/C(C)(C)C(C)N. The second kappa shape index (κ2) is 3.02. The standard InChI is InChI=1S/C8H17N/c1-5-6-8(3,4)7(2)9/h5-7H,9H2,1-4H3/b6-5+. The van der Waals surface area contributed by atoms with Crippen LogP contribution in [0.4, 0.5) is 0 Å². The molecule has 0 aliphatic heterocycles. The molecule has 0 fully saturated rings. The van der Waals surface area contributed by atoms with Crippen molar-refractivity contribution in [3.05, 3.63) is 12.2 Å². The second-order valence-corrected chi connectivity index (χ2v) is 3.11. The Kier molecular flexibility index (Phi) is 2.92. The maximum atomic E-state index is 5.70. The zero-order valence-electron chi connectivity index (χ0n) is 6.81. The molecule has 0 aromatic carbocycles. The molecule has 1 nitrogen and oxygen atoms in total. The average Bonchev–Trinajstić information content (AvgIpc) is 1.65. The van der Waals surface area contributed by atoms with Gasteiger partial charge in [-0.2, -0.15) is 0 Å².